The molecule has 0 atom stereocenters. The highest BCUT2D eigenvalue weighted by Crippen LogP contribution is 2.35. The van der Waals surface area contributed by atoms with Gasteiger partial charge < -0.3 is 5.32 Å². The third-order valence-corrected chi connectivity index (χ3v) is 5.19. The summed E-state index contributed by atoms with van der Waals surface area (Å²) in [5, 5.41) is 4.12. The lowest BCUT2D eigenvalue weighted by Crippen LogP contribution is -2.01. The van der Waals surface area contributed by atoms with Gasteiger partial charge in [0.05, 0.1) is 5.69 Å². The predicted molar refractivity (Wildman–Crippen MR) is 96.0 cm³/mol. The van der Waals surface area contributed by atoms with Crippen LogP contribution < -0.4 is 5.32 Å². The molecule has 0 fully saturated rings. The van der Waals surface area contributed by atoms with E-state index in [2.05, 4.69) is 69.0 Å². The van der Waals surface area contributed by atoms with Crippen molar-refractivity contribution < 1.29 is 0 Å². The monoisotopic (exact) mass is 529 g/mol. The lowest BCUT2D eigenvalue weighted by molar-refractivity contribution is 1.13. The molecule has 0 unspecified atom stereocenters. The lowest BCUT2D eigenvalue weighted by atomic mass is 10.2. The Hall–Kier alpha value is 0.450. The van der Waals surface area contributed by atoms with E-state index in [1.165, 1.54) is 0 Å². The van der Waals surface area contributed by atoms with Crippen LogP contribution in [0.15, 0.2) is 48.2 Å². The molecule has 1 N–H and O–H groups in total. The summed E-state index contributed by atoms with van der Waals surface area (Å²) < 4.78 is 4.04. The fraction of sp³-hybridized carbons (Fsp3) is 0.0769. The van der Waals surface area contributed by atoms with E-state index >= 15 is 0 Å². The molecule has 0 heterocycles. The van der Waals surface area contributed by atoms with E-state index in [-0.39, 0.29) is 0 Å². The van der Waals surface area contributed by atoms with Crippen LogP contribution in [0.3, 0.4) is 0 Å². The molecule has 2 rings (SSSR count). The van der Waals surface area contributed by atoms with Gasteiger partial charge in [0.15, 0.2) is 0 Å². The van der Waals surface area contributed by atoms with Crippen molar-refractivity contribution in [3.63, 3.8) is 0 Å². The number of benzene rings is 2. The second-order valence-electron chi connectivity index (χ2n) is 3.83. The van der Waals surface area contributed by atoms with Crippen LogP contribution >= 0.6 is 75.3 Å². The second kappa shape index (κ2) is 6.94. The molecule has 0 aliphatic carbocycles. The topological polar surface area (TPSA) is 12.0 Å². The standard InChI is InChI=1S/C13H8Br4ClN/c14-8-4-11(16)13(12(17)5-8)19-6-7-3-9(18)1-2-10(7)15/h1-5,19H,6H2. The van der Waals surface area contributed by atoms with Gasteiger partial charge in [-0.2, -0.15) is 0 Å². The van der Waals surface area contributed by atoms with Gasteiger partial charge in [0.2, 0.25) is 0 Å². The van der Waals surface area contributed by atoms with E-state index in [4.69, 9.17) is 11.6 Å². The average molecular weight is 533 g/mol. The molecule has 0 aromatic heterocycles. The highest BCUT2D eigenvalue weighted by molar-refractivity contribution is 9.11. The van der Waals surface area contributed by atoms with Gasteiger partial charge in [0, 0.05) is 29.5 Å². The van der Waals surface area contributed by atoms with E-state index in [1.54, 1.807) is 0 Å². The molecule has 0 radical (unpaired) electrons. The molecule has 0 bridgehead atoms. The van der Waals surface area contributed by atoms with Crippen molar-refractivity contribution in [3.8, 4) is 0 Å². The molecule has 6 heteroatoms. The normalized spacial score (nSPS) is 10.6. The van der Waals surface area contributed by atoms with E-state index in [0.29, 0.717) is 6.54 Å². The average Bonchev–Trinajstić information content (AvgIpc) is 2.32. The number of anilines is 1. The van der Waals surface area contributed by atoms with Crippen LogP contribution in [0.2, 0.25) is 5.02 Å². The number of hydrogen-bond donors (Lipinski definition) is 1. The molecular weight excluding hydrogens is 525 g/mol. The summed E-state index contributed by atoms with van der Waals surface area (Å²) in [6.45, 7) is 0.681. The van der Waals surface area contributed by atoms with Gasteiger partial charge >= 0.3 is 0 Å². The summed E-state index contributed by atoms with van der Waals surface area (Å²) in [6.07, 6.45) is 0. The van der Waals surface area contributed by atoms with Crippen molar-refractivity contribution in [1.82, 2.24) is 0 Å². The molecule has 100 valence electrons. The second-order valence-corrected chi connectivity index (χ2v) is 7.75. The zero-order chi connectivity index (χ0) is 14.0. The van der Waals surface area contributed by atoms with Gasteiger partial charge in [-0.1, -0.05) is 43.5 Å². The van der Waals surface area contributed by atoms with E-state index < -0.39 is 0 Å². The zero-order valence-electron chi connectivity index (χ0n) is 9.48. The summed E-state index contributed by atoms with van der Waals surface area (Å²) in [4.78, 5) is 0. The van der Waals surface area contributed by atoms with Gasteiger partial charge in [-0.05, 0) is 67.8 Å². The van der Waals surface area contributed by atoms with Crippen molar-refractivity contribution in [3.05, 3.63) is 58.8 Å². The van der Waals surface area contributed by atoms with Crippen molar-refractivity contribution in [2.24, 2.45) is 0 Å². The molecule has 0 spiro atoms. The maximum absolute atomic E-state index is 6.01. The van der Waals surface area contributed by atoms with E-state index in [0.717, 1.165) is 34.2 Å². The summed E-state index contributed by atoms with van der Waals surface area (Å²) in [6, 6.07) is 9.76. The van der Waals surface area contributed by atoms with Crippen LogP contribution in [0.5, 0.6) is 0 Å². The molecular formula is C13H8Br4ClN. The summed E-state index contributed by atoms with van der Waals surface area (Å²) >= 11 is 20.1. The molecule has 2 aromatic carbocycles. The molecule has 0 saturated carbocycles. The van der Waals surface area contributed by atoms with Crippen molar-refractivity contribution >= 4 is 81.0 Å². The van der Waals surface area contributed by atoms with Crippen molar-refractivity contribution in [2.75, 3.05) is 5.32 Å². The Labute approximate surface area is 150 Å². The maximum Gasteiger partial charge on any atom is 0.0632 e. The van der Waals surface area contributed by atoms with Crippen LogP contribution in [0.1, 0.15) is 5.56 Å². The Kier molecular flexibility index (Phi) is 5.78. The summed E-state index contributed by atoms with van der Waals surface area (Å²) in [7, 11) is 0. The zero-order valence-corrected chi connectivity index (χ0v) is 16.6. The first kappa shape index (κ1) is 15.8. The Morgan fingerprint density at radius 1 is 0.895 bits per heavy atom. The number of nitrogens with one attached hydrogen (secondary N) is 1. The first-order valence-corrected chi connectivity index (χ1v) is 8.84. The van der Waals surface area contributed by atoms with Crippen LogP contribution in [-0.4, -0.2) is 0 Å². The fourth-order valence-electron chi connectivity index (χ4n) is 1.57. The quantitative estimate of drug-likeness (QED) is 0.448. The smallest absolute Gasteiger partial charge is 0.0632 e. The SMILES string of the molecule is Clc1ccc(Br)c(CNc2c(Br)cc(Br)cc2Br)c1. The highest BCUT2D eigenvalue weighted by Gasteiger charge is 2.08. The molecule has 0 aliphatic heterocycles. The first-order chi connectivity index (χ1) is 8.97. The van der Waals surface area contributed by atoms with Gasteiger partial charge in [-0.3, -0.25) is 0 Å². The van der Waals surface area contributed by atoms with Crippen LogP contribution in [-0.2, 0) is 6.54 Å². The van der Waals surface area contributed by atoms with Gasteiger partial charge in [0.1, 0.15) is 0 Å². The fourth-order valence-corrected chi connectivity index (χ4v) is 4.69. The van der Waals surface area contributed by atoms with Crippen LogP contribution in [0.25, 0.3) is 0 Å². The van der Waals surface area contributed by atoms with Crippen LogP contribution in [0, 0.1) is 0 Å². The number of rotatable bonds is 3. The molecule has 0 amide bonds. The predicted octanol–water partition coefficient (Wildman–Crippen LogP) is 7.00. The lowest BCUT2D eigenvalue weighted by Gasteiger charge is -2.12. The van der Waals surface area contributed by atoms with E-state index in [9.17, 15) is 0 Å². The minimum atomic E-state index is 0.681. The Bertz CT molecular complexity index is 593. The molecule has 2 aromatic rings. The number of hydrogen-bond acceptors (Lipinski definition) is 1. The summed E-state index contributed by atoms with van der Waals surface area (Å²) in [5.41, 5.74) is 2.12. The van der Waals surface area contributed by atoms with Crippen molar-refractivity contribution in [1.29, 1.82) is 0 Å². The van der Waals surface area contributed by atoms with Crippen LogP contribution in [0.4, 0.5) is 5.69 Å². The van der Waals surface area contributed by atoms with Gasteiger partial charge in [-0.25, -0.2) is 0 Å². The summed E-state index contributed by atoms with van der Waals surface area (Å²) in [5.74, 6) is 0. The minimum Gasteiger partial charge on any atom is -0.379 e. The minimum absolute atomic E-state index is 0.681. The molecule has 0 saturated heterocycles. The van der Waals surface area contributed by atoms with Gasteiger partial charge in [-0.15, -0.1) is 0 Å². The van der Waals surface area contributed by atoms with Gasteiger partial charge in [0.25, 0.3) is 0 Å². The molecule has 0 aliphatic rings. The largest absolute Gasteiger partial charge is 0.379 e. The number of halogens is 5. The maximum atomic E-state index is 6.01. The highest BCUT2D eigenvalue weighted by atomic mass is 79.9. The molecule has 19 heavy (non-hydrogen) atoms. The third-order valence-electron chi connectivity index (χ3n) is 2.47. The third kappa shape index (κ3) is 4.21. The Morgan fingerprint density at radius 2 is 1.53 bits per heavy atom. The van der Waals surface area contributed by atoms with Crippen molar-refractivity contribution in [2.45, 2.75) is 6.54 Å². The molecule has 1 nitrogen and oxygen atoms in total. The van der Waals surface area contributed by atoms with E-state index in [1.807, 2.05) is 30.3 Å². The Balaban J connectivity index is 2.21. The first-order valence-electron chi connectivity index (χ1n) is 5.29. The Morgan fingerprint density at radius 3 is 2.16 bits per heavy atom.